The maximum Gasteiger partial charge on any atom is 0.338 e. The first-order valence-electron chi connectivity index (χ1n) is 13.6. The molecule has 2 aromatic rings. The first-order valence-corrected chi connectivity index (χ1v) is 14.4. The first-order chi connectivity index (χ1) is 20.2. The number of hydrogen-bond acceptors (Lipinski definition) is 8. The van der Waals surface area contributed by atoms with Gasteiger partial charge < -0.3 is 40.2 Å². The minimum Gasteiger partial charge on any atom is -0.490 e. The van der Waals surface area contributed by atoms with Gasteiger partial charge in [0.2, 0.25) is 0 Å². The number of thiocarbonyl (C=S) groups is 2. The molecule has 0 radical (unpaired) electrons. The number of carbonyl (C=O) groups is 2. The summed E-state index contributed by atoms with van der Waals surface area (Å²) in [5.74, 6) is 0.535. The van der Waals surface area contributed by atoms with Crippen molar-refractivity contribution in [2.75, 3.05) is 26.4 Å². The van der Waals surface area contributed by atoms with Crippen molar-refractivity contribution in [3.05, 3.63) is 82.2 Å². The molecule has 0 bridgehead atoms. The second-order valence-corrected chi connectivity index (χ2v) is 10.2. The fraction of sp³-hybridized carbons (Fsp3) is 0.333. The van der Waals surface area contributed by atoms with Crippen molar-refractivity contribution in [2.45, 2.75) is 39.8 Å². The zero-order chi connectivity index (χ0) is 30.2. The molecule has 4 N–H and O–H groups in total. The van der Waals surface area contributed by atoms with Gasteiger partial charge in [0.15, 0.2) is 10.2 Å². The van der Waals surface area contributed by atoms with E-state index in [4.69, 9.17) is 43.4 Å². The Labute approximate surface area is 255 Å². The van der Waals surface area contributed by atoms with E-state index in [1.165, 1.54) is 0 Å². The Kier molecular flexibility index (Phi) is 10.4. The van der Waals surface area contributed by atoms with E-state index in [9.17, 15) is 9.59 Å². The van der Waals surface area contributed by atoms with Crippen LogP contribution in [-0.4, -0.2) is 48.6 Å². The summed E-state index contributed by atoms with van der Waals surface area (Å²) in [6.07, 6.45) is 0. The van der Waals surface area contributed by atoms with E-state index in [0.717, 1.165) is 11.1 Å². The third-order valence-electron chi connectivity index (χ3n) is 6.58. The van der Waals surface area contributed by atoms with E-state index in [1.54, 1.807) is 27.7 Å². The molecular formula is C30H34N4O6S2. The molecule has 222 valence electrons. The molecule has 4 rings (SSSR count). The van der Waals surface area contributed by atoms with Crippen molar-refractivity contribution in [3.8, 4) is 11.5 Å². The normalized spacial score (nSPS) is 18.3. The summed E-state index contributed by atoms with van der Waals surface area (Å²) in [6, 6.07) is 14.0. The molecule has 0 amide bonds. The molecule has 2 atom stereocenters. The summed E-state index contributed by atoms with van der Waals surface area (Å²) in [7, 11) is 0. The van der Waals surface area contributed by atoms with Gasteiger partial charge in [0.25, 0.3) is 0 Å². The molecule has 10 nitrogen and oxygen atoms in total. The third kappa shape index (κ3) is 7.37. The number of allylic oxidation sites excluding steroid dienone is 2. The van der Waals surface area contributed by atoms with Gasteiger partial charge in [-0.2, -0.15) is 0 Å². The van der Waals surface area contributed by atoms with Crippen molar-refractivity contribution >= 4 is 46.6 Å². The quantitative estimate of drug-likeness (QED) is 0.168. The Balaban J connectivity index is 1.33. The number of hydrogen-bond donors (Lipinski definition) is 4. The Morgan fingerprint density at radius 2 is 1.02 bits per heavy atom. The molecule has 0 saturated heterocycles. The molecule has 2 aliphatic heterocycles. The number of esters is 2. The van der Waals surface area contributed by atoms with Crippen LogP contribution in [0.2, 0.25) is 0 Å². The van der Waals surface area contributed by atoms with Crippen LogP contribution in [0.15, 0.2) is 71.1 Å². The molecule has 2 heterocycles. The monoisotopic (exact) mass is 610 g/mol. The van der Waals surface area contributed by atoms with E-state index < -0.39 is 24.0 Å². The summed E-state index contributed by atoms with van der Waals surface area (Å²) in [6.45, 7) is 8.35. The lowest BCUT2D eigenvalue weighted by Crippen LogP contribution is -2.45. The van der Waals surface area contributed by atoms with Crippen LogP contribution in [-0.2, 0) is 19.1 Å². The van der Waals surface area contributed by atoms with Gasteiger partial charge in [0.05, 0.1) is 36.4 Å². The zero-order valence-electron chi connectivity index (χ0n) is 23.9. The summed E-state index contributed by atoms with van der Waals surface area (Å²) < 4.78 is 22.2. The van der Waals surface area contributed by atoms with Gasteiger partial charge in [-0.15, -0.1) is 0 Å². The number of nitrogens with one attached hydrogen (secondary N) is 4. The van der Waals surface area contributed by atoms with Crippen LogP contribution < -0.4 is 30.7 Å². The molecule has 42 heavy (non-hydrogen) atoms. The molecule has 0 spiro atoms. The van der Waals surface area contributed by atoms with E-state index in [0.29, 0.717) is 57.5 Å². The fourth-order valence-corrected chi connectivity index (χ4v) is 5.22. The van der Waals surface area contributed by atoms with E-state index in [1.807, 2.05) is 48.5 Å². The Hall–Kier alpha value is -4.16. The number of rotatable bonds is 11. The number of benzene rings is 2. The topological polar surface area (TPSA) is 119 Å². The molecule has 0 fully saturated rings. The maximum absolute atomic E-state index is 12.6. The van der Waals surface area contributed by atoms with Gasteiger partial charge in [-0.05, 0) is 87.5 Å². The lowest BCUT2D eigenvalue weighted by molar-refractivity contribution is -0.140. The largest absolute Gasteiger partial charge is 0.490 e. The minimum atomic E-state index is -0.429. The highest BCUT2D eigenvalue weighted by Gasteiger charge is 2.32. The summed E-state index contributed by atoms with van der Waals surface area (Å²) in [5.41, 5.74) is 4.00. The third-order valence-corrected chi connectivity index (χ3v) is 7.02. The highest BCUT2D eigenvalue weighted by Crippen LogP contribution is 2.30. The van der Waals surface area contributed by atoms with Crippen molar-refractivity contribution in [1.82, 2.24) is 21.3 Å². The second kappa shape index (κ2) is 14.1. The van der Waals surface area contributed by atoms with Crippen molar-refractivity contribution < 1.29 is 28.5 Å². The maximum atomic E-state index is 12.6. The molecule has 0 saturated carbocycles. The van der Waals surface area contributed by atoms with Crippen LogP contribution in [0.3, 0.4) is 0 Å². The van der Waals surface area contributed by atoms with Crippen molar-refractivity contribution in [2.24, 2.45) is 0 Å². The average molecular weight is 611 g/mol. The molecule has 2 aromatic carbocycles. The van der Waals surface area contributed by atoms with Gasteiger partial charge in [-0.3, -0.25) is 0 Å². The molecule has 2 unspecified atom stereocenters. The lowest BCUT2D eigenvalue weighted by Gasteiger charge is -2.30. The fourth-order valence-electron chi connectivity index (χ4n) is 4.68. The van der Waals surface area contributed by atoms with E-state index in [2.05, 4.69) is 21.3 Å². The zero-order valence-corrected chi connectivity index (χ0v) is 25.5. The highest BCUT2D eigenvalue weighted by molar-refractivity contribution is 7.80. The van der Waals surface area contributed by atoms with Gasteiger partial charge in [-0.25, -0.2) is 9.59 Å². The molecule has 2 aliphatic rings. The summed E-state index contributed by atoms with van der Waals surface area (Å²) >= 11 is 10.6. The summed E-state index contributed by atoms with van der Waals surface area (Å²) in [5, 5.41) is 13.2. The van der Waals surface area contributed by atoms with Crippen LogP contribution in [0.5, 0.6) is 11.5 Å². The van der Waals surface area contributed by atoms with Crippen LogP contribution >= 0.6 is 24.4 Å². The smallest absolute Gasteiger partial charge is 0.338 e. The van der Waals surface area contributed by atoms with E-state index in [-0.39, 0.29) is 13.2 Å². The Bertz CT molecular complexity index is 1300. The van der Waals surface area contributed by atoms with Crippen LogP contribution in [0.1, 0.15) is 50.9 Å². The Morgan fingerprint density at radius 1 is 0.667 bits per heavy atom. The Morgan fingerprint density at radius 3 is 1.36 bits per heavy atom. The van der Waals surface area contributed by atoms with Crippen LogP contribution in [0.25, 0.3) is 0 Å². The van der Waals surface area contributed by atoms with E-state index >= 15 is 0 Å². The van der Waals surface area contributed by atoms with Gasteiger partial charge in [-0.1, -0.05) is 24.3 Å². The van der Waals surface area contributed by atoms with Crippen molar-refractivity contribution in [3.63, 3.8) is 0 Å². The van der Waals surface area contributed by atoms with Gasteiger partial charge in [0.1, 0.15) is 24.7 Å². The minimum absolute atomic E-state index is 0.281. The summed E-state index contributed by atoms with van der Waals surface area (Å²) in [4.78, 5) is 25.1. The predicted octanol–water partition coefficient (Wildman–Crippen LogP) is 3.86. The van der Waals surface area contributed by atoms with Gasteiger partial charge >= 0.3 is 11.9 Å². The SMILES string of the molecule is CCOC(=O)C1=C(C)NC(=S)NC1c1ccc(OCCOc2ccc(C3NC(=S)NC(C)=C3C(=O)OCC)cc2)cc1. The molecular weight excluding hydrogens is 576 g/mol. The first kappa shape index (κ1) is 30.8. The lowest BCUT2D eigenvalue weighted by atomic mass is 9.95. The predicted molar refractivity (Wildman–Crippen MR) is 166 cm³/mol. The molecule has 0 aromatic heterocycles. The number of ether oxygens (including phenoxy) is 4. The molecule has 12 heteroatoms. The van der Waals surface area contributed by atoms with Crippen LogP contribution in [0, 0.1) is 0 Å². The second-order valence-electron chi connectivity index (χ2n) is 9.42. The average Bonchev–Trinajstić information content (AvgIpc) is 2.95. The molecule has 0 aliphatic carbocycles. The number of carbonyl (C=O) groups excluding carboxylic acids is 2. The van der Waals surface area contributed by atoms with Crippen LogP contribution in [0.4, 0.5) is 0 Å². The van der Waals surface area contributed by atoms with Gasteiger partial charge in [0, 0.05) is 11.4 Å². The highest BCUT2D eigenvalue weighted by atomic mass is 32.1. The standard InChI is InChI=1S/C30H34N4O6S2/c1-5-37-27(35)23-17(3)31-29(41)33-25(23)19-7-11-21(12-8-19)39-15-16-40-22-13-9-20(10-14-22)26-24(28(36)38-6-2)18(4)32-30(42)34-26/h7-14,25-26H,5-6,15-16H2,1-4H3,(H2,31,33,41)(H2,32,34,42). The van der Waals surface area contributed by atoms with Crippen molar-refractivity contribution in [1.29, 1.82) is 0 Å².